The van der Waals surface area contributed by atoms with Crippen molar-refractivity contribution in [2.45, 2.75) is 45.7 Å². The molecule has 2 unspecified atom stereocenters. The van der Waals surface area contributed by atoms with Crippen LogP contribution in [0.5, 0.6) is 0 Å². The fourth-order valence-corrected chi connectivity index (χ4v) is 3.14. The van der Waals surface area contributed by atoms with E-state index in [1.165, 1.54) is 17.8 Å². The summed E-state index contributed by atoms with van der Waals surface area (Å²) >= 11 is 0. The molecule has 0 bridgehead atoms. The van der Waals surface area contributed by atoms with E-state index >= 15 is 0 Å². The number of nitrogens with zero attached hydrogens (tertiary/aromatic N) is 2. The summed E-state index contributed by atoms with van der Waals surface area (Å²) in [6, 6.07) is 8.84. The van der Waals surface area contributed by atoms with Crippen LogP contribution in [0.15, 0.2) is 24.3 Å². The van der Waals surface area contributed by atoms with E-state index in [0.717, 1.165) is 12.1 Å². The Balaban J connectivity index is 2.23. The summed E-state index contributed by atoms with van der Waals surface area (Å²) in [5.41, 5.74) is 2.40. The van der Waals surface area contributed by atoms with Gasteiger partial charge < -0.3 is 9.88 Å². The lowest BCUT2D eigenvalue weighted by Gasteiger charge is -2.27. The predicted octanol–water partition coefficient (Wildman–Crippen LogP) is 3.46. The van der Waals surface area contributed by atoms with Crippen molar-refractivity contribution >= 4 is 11.0 Å². The zero-order valence-electron chi connectivity index (χ0n) is 12.3. The highest BCUT2D eigenvalue weighted by Crippen LogP contribution is 2.34. The Morgan fingerprint density at radius 1 is 1.26 bits per heavy atom. The Morgan fingerprint density at radius 2 is 2.00 bits per heavy atom. The van der Waals surface area contributed by atoms with Crippen molar-refractivity contribution in [2.24, 2.45) is 5.92 Å². The standard InChI is InChI=1S/C16H23N3/c1-11-9-10-17-14(11)15-18-12-7-5-6-8-13(12)19(15)16(2,3)4/h5-8,11,14,17H,9-10H2,1-4H3. The van der Waals surface area contributed by atoms with Crippen LogP contribution in [-0.2, 0) is 5.54 Å². The van der Waals surface area contributed by atoms with Gasteiger partial charge in [0.2, 0.25) is 0 Å². The Bertz CT molecular complexity index is 592. The number of imidazole rings is 1. The van der Waals surface area contributed by atoms with Crippen molar-refractivity contribution in [1.29, 1.82) is 0 Å². The molecule has 3 rings (SSSR count). The third kappa shape index (κ3) is 2.06. The summed E-state index contributed by atoms with van der Waals surface area (Å²) in [6.07, 6.45) is 1.23. The molecule has 0 radical (unpaired) electrons. The normalized spacial score (nSPS) is 24.2. The minimum Gasteiger partial charge on any atom is -0.321 e. The third-order valence-corrected chi connectivity index (χ3v) is 4.07. The number of aromatic nitrogens is 2. The minimum absolute atomic E-state index is 0.0510. The number of hydrogen-bond acceptors (Lipinski definition) is 2. The molecule has 2 atom stereocenters. The molecule has 1 aromatic carbocycles. The molecule has 0 aliphatic carbocycles. The summed E-state index contributed by atoms with van der Waals surface area (Å²) in [4.78, 5) is 4.91. The van der Waals surface area contributed by atoms with Crippen LogP contribution < -0.4 is 5.32 Å². The van der Waals surface area contributed by atoms with Gasteiger partial charge in [-0.3, -0.25) is 0 Å². The van der Waals surface area contributed by atoms with Gasteiger partial charge in [0.25, 0.3) is 0 Å². The Morgan fingerprint density at radius 3 is 2.63 bits per heavy atom. The van der Waals surface area contributed by atoms with Gasteiger partial charge in [-0.25, -0.2) is 4.98 Å². The van der Waals surface area contributed by atoms with E-state index in [0.29, 0.717) is 12.0 Å². The van der Waals surface area contributed by atoms with Crippen LogP contribution >= 0.6 is 0 Å². The highest BCUT2D eigenvalue weighted by molar-refractivity contribution is 5.76. The van der Waals surface area contributed by atoms with E-state index < -0.39 is 0 Å². The molecular formula is C16H23N3. The Labute approximate surface area is 115 Å². The molecular weight excluding hydrogens is 234 g/mol. The Kier molecular flexibility index (Phi) is 2.90. The van der Waals surface area contributed by atoms with Crippen LogP contribution in [0.4, 0.5) is 0 Å². The van der Waals surface area contributed by atoms with E-state index in [1.54, 1.807) is 0 Å². The average Bonchev–Trinajstić information content (AvgIpc) is 2.90. The zero-order chi connectivity index (χ0) is 13.6. The third-order valence-electron chi connectivity index (χ3n) is 4.07. The molecule has 1 fully saturated rings. The highest BCUT2D eigenvalue weighted by atomic mass is 15.2. The van der Waals surface area contributed by atoms with Crippen LogP contribution in [0.25, 0.3) is 11.0 Å². The van der Waals surface area contributed by atoms with Gasteiger partial charge in [-0.2, -0.15) is 0 Å². The van der Waals surface area contributed by atoms with Gasteiger partial charge >= 0.3 is 0 Å². The van der Waals surface area contributed by atoms with Crippen molar-refractivity contribution in [1.82, 2.24) is 14.9 Å². The van der Waals surface area contributed by atoms with Gasteiger partial charge in [0, 0.05) is 5.54 Å². The van der Waals surface area contributed by atoms with E-state index in [9.17, 15) is 0 Å². The van der Waals surface area contributed by atoms with Crippen LogP contribution in [0.3, 0.4) is 0 Å². The summed E-state index contributed by atoms with van der Waals surface area (Å²) in [7, 11) is 0. The second-order valence-electron chi connectivity index (χ2n) is 6.66. The first-order valence-corrected chi connectivity index (χ1v) is 7.20. The average molecular weight is 257 g/mol. The van der Waals surface area contributed by atoms with Crippen LogP contribution in [0.2, 0.25) is 0 Å². The zero-order valence-corrected chi connectivity index (χ0v) is 12.3. The lowest BCUT2D eigenvalue weighted by atomic mass is 10.0. The molecule has 1 N–H and O–H groups in total. The van der Waals surface area contributed by atoms with Crippen LogP contribution in [-0.4, -0.2) is 16.1 Å². The molecule has 1 saturated heterocycles. The molecule has 102 valence electrons. The fourth-order valence-electron chi connectivity index (χ4n) is 3.14. The maximum Gasteiger partial charge on any atom is 0.127 e. The van der Waals surface area contributed by atoms with Crippen molar-refractivity contribution in [3.05, 3.63) is 30.1 Å². The summed E-state index contributed by atoms with van der Waals surface area (Å²) in [6.45, 7) is 10.2. The van der Waals surface area contributed by atoms with Gasteiger partial charge in [-0.15, -0.1) is 0 Å². The monoisotopic (exact) mass is 257 g/mol. The van der Waals surface area contributed by atoms with Gasteiger partial charge in [0.15, 0.2) is 0 Å². The van der Waals surface area contributed by atoms with Crippen LogP contribution in [0.1, 0.15) is 46.0 Å². The number of rotatable bonds is 1. The number of hydrogen-bond donors (Lipinski definition) is 1. The van der Waals surface area contributed by atoms with Crippen LogP contribution in [0, 0.1) is 5.92 Å². The molecule has 1 aliphatic heterocycles. The molecule has 1 aromatic heterocycles. The molecule has 0 spiro atoms. The van der Waals surface area contributed by atoms with Gasteiger partial charge in [0.05, 0.1) is 17.1 Å². The first-order chi connectivity index (χ1) is 8.98. The first kappa shape index (κ1) is 12.7. The number of fused-ring (bicyclic) bond motifs is 1. The molecule has 0 amide bonds. The molecule has 3 nitrogen and oxygen atoms in total. The lowest BCUT2D eigenvalue weighted by molar-refractivity contribution is 0.360. The van der Waals surface area contributed by atoms with Crippen molar-refractivity contribution in [3.63, 3.8) is 0 Å². The minimum atomic E-state index is 0.0510. The molecule has 0 saturated carbocycles. The predicted molar refractivity (Wildman–Crippen MR) is 79.3 cm³/mol. The largest absolute Gasteiger partial charge is 0.321 e. The molecule has 3 heteroatoms. The quantitative estimate of drug-likeness (QED) is 0.848. The summed E-state index contributed by atoms with van der Waals surface area (Å²) in [5.74, 6) is 1.84. The van der Waals surface area contributed by atoms with E-state index in [2.05, 4.69) is 61.8 Å². The highest BCUT2D eigenvalue weighted by Gasteiger charge is 2.32. The molecule has 19 heavy (non-hydrogen) atoms. The second-order valence-corrected chi connectivity index (χ2v) is 6.66. The second kappa shape index (κ2) is 4.34. The smallest absolute Gasteiger partial charge is 0.127 e. The van der Waals surface area contributed by atoms with E-state index in [-0.39, 0.29) is 5.54 Å². The SMILES string of the molecule is CC1CCNC1c1nc2ccccc2n1C(C)(C)C. The van der Waals surface area contributed by atoms with Crippen molar-refractivity contribution in [3.8, 4) is 0 Å². The van der Waals surface area contributed by atoms with Crippen molar-refractivity contribution < 1.29 is 0 Å². The fraction of sp³-hybridized carbons (Fsp3) is 0.562. The van der Waals surface area contributed by atoms with Gasteiger partial charge in [-0.1, -0.05) is 19.1 Å². The van der Waals surface area contributed by atoms with Crippen molar-refractivity contribution in [2.75, 3.05) is 6.54 Å². The van der Waals surface area contributed by atoms with E-state index in [1.807, 2.05) is 0 Å². The maximum atomic E-state index is 4.91. The number of benzene rings is 1. The molecule has 2 heterocycles. The van der Waals surface area contributed by atoms with E-state index in [4.69, 9.17) is 4.98 Å². The number of nitrogens with one attached hydrogen (secondary N) is 1. The van der Waals surface area contributed by atoms with Gasteiger partial charge in [0.1, 0.15) is 5.82 Å². The topological polar surface area (TPSA) is 29.9 Å². The summed E-state index contributed by atoms with van der Waals surface area (Å²) in [5, 5.41) is 3.61. The summed E-state index contributed by atoms with van der Waals surface area (Å²) < 4.78 is 2.40. The first-order valence-electron chi connectivity index (χ1n) is 7.20. The molecule has 2 aromatic rings. The Hall–Kier alpha value is -1.35. The number of para-hydroxylation sites is 2. The molecule has 1 aliphatic rings. The van der Waals surface area contributed by atoms with Gasteiger partial charge in [-0.05, 0) is 51.8 Å². The maximum absolute atomic E-state index is 4.91. The lowest BCUT2D eigenvalue weighted by Crippen LogP contribution is -2.29.